The van der Waals surface area contributed by atoms with Crippen molar-refractivity contribution >= 4 is 24.3 Å². The summed E-state index contributed by atoms with van der Waals surface area (Å²) in [4.78, 5) is 18.1. The van der Waals surface area contributed by atoms with Gasteiger partial charge in [-0.2, -0.15) is 0 Å². The number of carboxylic acids is 1. The number of aliphatic carboxylic acids is 1. The molecule has 0 fully saturated rings. The maximum atomic E-state index is 11.5. The number of carboxylic acid groups (broad SMARTS) is 1. The summed E-state index contributed by atoms with van der Waals surface area (Å²) in [5.41, 5.74) is 1.05. The van der Waals surface area contributed by atoms with Crippen LogP contribution >= 0.6 is 0 Å². The molecule has 0 saturated heterocycles. The van der Waals surface area contributed by atoms with Crippen molar-refractivity contribution in [1.82, 2.24) is 0 Å². The Bertz CT molecular complexity index is 395. The first-order valence-corrected chi connectivity index (χ1v) is 16.4. The molecule has 2 N–H and O–H groups in total. The van der Waals surface area contributed by atoms with Crippen LogP contribution in [-0.4, -0.2) is 40.7 Å². The Morgan fingerprint density at radius 3 is 2.00 bits per heavy atom. The molecule has 100 valence electrons. The van der Waals surface area contributed by atoms with E-state index in [0.29, 0.717) is 0 Å². The van der Waals surface area contributed by atoms with Crippen molar-refractivity contribution in [3.63, 3.8) is 0 Å². The first-order chi connectivity index (χ1) is 8.25. The zero-order valence-electron chi connectivity index (χ0n) is 11.4. The van der Waals surface area contributed by atoms with Crippen molar-refractivity contribution in [2.24, 2.45) is 5.92 Å². The summed E-state index contributed by atoms with van der Waals surface area (Å²) >= 11 is -2.54. The minimum atomic E-state index is -2.54. The molecular weight excluding hydrogens is 335 g/mol. The minimum absolute atomic E-state index is 0.0157. The van der Waals surface area contributed by atoms with Crippen LogP contribution in [0.1, 0.15) is 16.4 Å². The fourth-order valence-corrected chi connectivity index (χ4v) is 10.2. The van der Waals surface area contributed by atoms with E-state index in [0.717, 1.165) is 5.56 Å². The molecule has 1 aromatic carbocycles. The number of rotatable bonds is 5. The molecule has 0 aliphatic heterocycles. The Hall–Kier alpha value is -0.551. The van der Waals surface area contributed by atoms with Crippen molar-refractivity contribution in [3.8, 4) is 0 Å². The number of aliphatic hydroxyl groups excluding tert-OH is 1. The Labute approximate surface area is 113 Å². The summed E-state index contributed by atoms with van der Waals surface area (Å²) in [5.74, 6) is -1.60. The SMILES string of the molecule is C[C@H](O)[C@@H](C(=O)O)[C@@H](c1ccccc1)[Sn]([CH3])([CH3])[CH3]. The second-order valence-electron chi connectivity index (χ2n) is 5.86. The Morgan fingerprint density at radius 2 is 1.67 bits per heavy atom. The van der Waals surface area contributed by atoms with Crippen molar-refractivity contribution < 1.29 is 15.0 Å². The van der Waals surface area contributed by atoms with Crippen LogP contribution in [0.25, 0.3) is 0 Å². The van der Waals surface area contributed by atoms with Gasteiger partial charge in [0.1, 0.15) is 0 Å². The molecule has 0 bridgehead atoms. The number of carbonyl (C=O) groups is 1. The number of hydrogen-bond donors (Lipinski definition) is 2. The zero-order chi connectivity index (χ0) is 13.9. The Kier molecular flexibility index (Phi) is 5.22. The molecule has 0 radical (unpaired) electrons. The first-order valence-electron chi connectivity index (χ1n) is 6.21. The van der Waals surface area contributed by atoms with Gasteiger partial charge in [0, 0.05) is 0 Å². The summed E-state index contributed by atoms with van der Waals surface area (Å²) in [5, 5.41) is 19.2. The zero-order valence-corrected chi connectivity index (χ0v) is 14.3. The van der Waals surface area contributed by atoms with Crippen LogP contribution in [0, 0.1) is 5.92 Å². The molecule has 0 spiro atoms. The van der Waals surface area contributed by atoms with Crippen LogP contribution < -0.4 is 0 Å². The van der Waals surface area contributed by atoms with Crippen LogP contribution in [0.5, 0.6) is 0 Å². The molecule has 3 nitrogen and oxygen atoms in total. The van der Waals surface area contributed by atoms with Crippen LogP contribution in [0.4, 0.5) is 0 Å². The van der Waals surface area contributed by atoms with Crippen molar-refractivity contribution in [2.75, 3.05) is 0 Å². The van der Waals surface area contributed by atoms with Gasteiger partial charge in [-0.25, -0.2) is 0 Å². The van der Waals surface area contributed by atoms with Crippen molar-refractivity contribution in [2.45, 2.75) is 31.8 Å². The summed E-state index contributed by atoms with van der Waals surface area (Å²) in [6.45, 7) is 1.58. The normalized spacial score (nSPS) is 16.9. The standard InChI is InChI=1S/C11H13O3.3CH3.Sn/c1-8(12)10(11(13)14)7-9-5-3-2-4-6-9;;;;/h2-8,10,12H,1H3,(H,13,14);3*1H3;/t8-,10-;;;;/m0..../s1. The van der Waals surface area contributed by atoms with Gasteiger partial charge < -0.3 is 0 Å². The predicted octanol–water partition coefficient (Wildman–Crippen LogP) is 2.73. The van der Waals surface area contributed by atoms with Crippen molar-refractivity contribution in [1.29, 1.82) is 0 Å². The monoisotopic (exact) mass is 358 g/mol. The van der Waals surface area contributed by atoms with E-state index in [4.69, 9.17) is 0 Å². The molecule has 0 heterocycles. The Morgan fingerprint density at radius 1 is 1.17 bits per heavy atom. The average Bonchev–Trinajstić information content (AvgIpc) is 2.24. The maximum absolute atomic E-state index is 11.5. The third-order valence-electron chi connectivity index (χ3n) is 3.26. The molecule has 0 aliphatic carbocycles. The second kappa shape index (κ2) is 6.06. The van der Waals surface area contributed by atoms with Gasteiger partial charge in [0.2, 0.25) is 0 Å². The molecule has 0 saturated carbocycles. The van der Waals surface area contributed by atoms with Crippen LogP contribution in [0.3, 0.4) is 0 Å². The van der Waals surface area contributed by atoms with E-state index < -0.39 is 36.4 Å². The van der Waals surface area contributed by atoms with E-state index in [1.165, 1.54) is 0 Å². The van der Waals surface area contributed by atoms with E-state index >= 15 is 0 Å². The van der Waals surface area contributed by atoms with E-state index in [9.17, 15) is 15.0 Å². The average molecular weight is 357 g/mol. The van der Waals surface area contributed by atoms with E-state index in [2.05, 4.69) is 14.8 Å². The quantitative estimate of drug-likeness (QED) is 0.797. The van der Waals surface area contributed by atoms with Crippen LogP contribution in [0.15, 0.2) is 30.3 Å². The van der Waals surface area contributed by atoms with Gasteiger partial charge in [-0.3, -0.25) is 0 Å². The molecule has 0 aromatic heterocycles. The van der Waals surface area contributed by atoms with Gasteiger partial charge in [-0.05, 0) is 0 Å². The summed E-state index contributed by atoms with van der Waals surface area (Å²) in [7, 11) is 0. The molecule has 0 amide bonds. The van der Waals surface area contributed by atoms with Gasteiger partial charge in [-0.15, -0.1) is 0 Å². The van der Waals surface area contributed by atoms with E-state index in [-0.39, 0.29) is 3.93 Å². The topological polar surface area (TPSA) is 57.5 Å². The van der Waals surface area contributed by atoms with Crippen LogP contribution in [0.2, 0.25) is 14.8 Å². The summed E-state index contributed by atoms with van der Waals surface area (Å²) < 4.78 is -0.0157. The number of benzene rings is 1. The molecule has 1 aromatic rings. The number of hydrogen-bond acceptors (Lipinski definition) is 2. The Balaban J connectivity index is 3.26. The fraction of sp³-hybridized carbons (Fsp3) is 0.500. The molecule has 1 rings (SSSR count). The van der Waals surface area contributed by atoms with Gasteiger partial charge >= 0.3 is 113 Å². The van der Waals surface area contributed by atoms with Gasteiger partial charge in [-0.1, -0.05) is 0 Å². The third-order valence-corrected chi connectivity index (χ3v) is 10.6. The summed E-state index contributed by atoms with van der Waals surface area (Å²) in [6, 6.07) is 9.75. The first kappa shape index (κ1) is 15.5. The molecule has 18 heavy (non-hydrogen) atoms. The van der Waals surface area contributed by atoms with Crippen LogP contribution in [-0.2, 0) is 4.79 Å². The summed E-state index contributed by atoms with van der Waals surface area (Å²) in [6.07, 6.45) is -0.830. The molecule has 0 unspecified atom stereocenters. The van der Waals surface area contributed by atoms with Gasteiger partial charge in [0.05, 0.1) is 0 Å². The van der Waals surface area contributed by atoms with Gasteiger partial charge in [0.15, 0.2) is 0 Å². The molecule has 3 atom stereocenters. The molecule has 0 aliphatic rings. The molecular formula is C14H22O3Sn. The van der Waals surface area contributed by atoms with E-state index in [1.54, 1.807) is 6.92 Å². The number of aliphatic hydroxyl groups is 1. The third kappa shape index (κ3) is 3.72. The van der Waals surface area contributed by atoms with E-state index in [1.807, 2.05) is 30.3 Å². The van der Waals surface area contributed by atoms with Crippen molar-refractivity contribution in [3.05, 3.63) is 35.9 Å². The fourth-order valence-electron chi connectivity index (χ4n) is 2.53. The molecule has 4 heteroatoms. The second-order valence-corrected chi connectivity index (χ2v) is 21.1. The van der Waals surface area contributed by atoms with Gasteiger partial charge in [0.25, 0.3) is 0 Å². The predicted molar refractivity (Wildman–Crippen MR) is 75.3 cm³/mol.